The minimum Gasteiger partial charge on any atom is -0.465 e. The maximum atomic E-state index is 12.6. The van der Waals surface area contributed by atoms with Gasteiger partial charge in [0.2, 0.25) is 12.2 Å². The first-order valence-electron chi connectivity index (χ1n) is 20.0. The molecule has 8 atom stereocenters. The van der Waals surface area contributed by atoms with Gasteiger partial charge in [0.25, 0.3) is 0 Å². The van der Waals surface area contributed by atoms with Gasteiger partial charge in [0.1, 0.15) is 11.5 Å². The van der Waals surface area contributed by atoms with Gasteiger partial charge >= 0.3 is 11.9 Å². The lowest BCUT2D eigenvalue weighted by Gasteiger charge is -2.42. The van der Waals surface area contributed by atoms with Crippen LogP contribution in [0.3, 0.4) is 0 Å². The number of fused-ring (bicyclic) bond motifs is 1. The number of ether oxygens (including phenoxy) is 7. The first-order valence-corrected chi connectivity index (χ1v) is 20.0. The summed E-state index contributed by atoms with van der Waals surface area (Å²) in [5, 5.41) is 12.8. The van der Waals surface area contributed by atoms with E-state index in [9.17, 15) is 24.3 Å². The number of ketones is 1. The third-order valence-corrected chi connectivity index (χ3v) is 10.8. The van der Waals surface area contributed by atoms with Crippen LogP contribution in [0, 0.1) is 41.4 Å². The van der Waals surface area contributed by atoms with Crippen LogP contribution >= 0.6 is 0 Å². The standard InChI is InChI=1S/C42H61NO12/c1-28-29(2)41(54-31(4)45)42(53-30(28)3)55-38-17-15-33(25-32(38)26-44)43-39(47)18-16-34(46)11-9-19-49-21-23-51-24-22-50-20-10-14-40(48)52-27-37-35-12-7-5-6-8-13-36(35)37/h15,17,25,28-30,35-37,41-42,44H,7-14,16,18-24,26-27H2,1-4H3,(H,43,47)/t28-,29?,30?,35-,36+,37?,41-,42-/m0/s1. The third-order valence-electron chi connectivity index (χ3n) is 10.8. The summed E-state index contributed by atoms with van der Waals surface area (Å²) in [5.41, 5.74) is 0.873. The van der Waals surface area contributed by atoms with Gasteiger partial charge in [0, 0.05) is 75.8 Å². The number of hydrogen-bond donors (Lipinski definition) is 2. The number of nitrogens with one attached hydrogen (secondary N) is 1. The third kappa shape index (κ3) is 15.1. The van der Waals surface area contributed by atoms with E-state index in [-0.39, 0.29) is 55.0 Å². The molecule has 1 heterocycles. The van der Waals surface area contributed by atoms with E-state index in [0.29, 0.717) is 107 Å². The number of Topliss-reactive ketones (excluding diaryl/α,β-unsaturated/α-hetero) is 1. The molecule has 1 aromatic rings. The van der Waals surface area contributed by atoms with Crippen LogP contribution in [0.1, 0.15) is 97.5 Å². The fraction of sp³-hybridized carbons (Fsp3) is 0.714. The Labute approximate surface area is 325 Å². The van der Waals surface area contributed by atoms with Gasteiger partial charge < -0.3 is 43.6 Å². The SMILES string of the molecule is CC(=O)O[C@H]1C(C)[C@H](C)C(C)O[C@H]1Oc1ccc(NC(=O)CCC(=O)CCCOCCOCCOCCCC(=O)OCC2[C@H]3CCC#CCC[C@@H]23)cc1CO. The maximum absolute atomic E-state index is 12.6. The number of rotatable bonds is 24. The highest BCUT2D eigenvalue weighted by molar-refractivity contribution is 5.93. The van der Waals surface area contributed by atoms with Gasteiger partial charge in [0.05, 0.1) is 45.7 Å². The van der Waals surface area contributed by atoms with Crippen molar-refractivity contribution >= 4 is 29.3 Å². The highest BCUT2D eigenvalue weighted by Crippen LogP contribution is 2.52. The molecule has 3 aliphatic rings. The predicted octanol–water partition coefficient (Wildman–Crippen LogP) is 5.39. The lowest BCUT2D eigenvalue weighted by molar-refractivity contribution is -0.243. The lowest BCUT2D eigenvalue weighted by atomic mass is 9.84. The molecule has 1 aromatic carbocycles. The van der Waals surface area contributed by atoms with Crippen LogP contribution in [0.2, 0.25) is 0 Å². The summed E-state index contributed by atoms with van der Waals surface area (Å²) in [7, 11) is 0. The number of amides is 1. The van der Waals surface area contributed by atoms with Crippen LogP contribution in [0.5, 0.6) is 5.75 Å². The Kier molecular flexibility index (Phi) is 18.9. The molecule has 306 valence electrons. The number of aliphatic hydroxyl groups is 1. The smallest absolute Gasteiger partial charge is 0.305 e. The van der Waals surface area contributed by atoms with E-state index in [1.54, 1.807) is 18.2 Å². The number of aliphatic hydroxyl groups excluding tert-OH is 1. The molecule has 1 saturated carbocycles. The molecule has 2 N–H and O–H groups in total. The molecular weight excluding hydrogens is 710 g/mol. The number of carbonyl (C=O) groups is 4. The monoisotopic (exact) mass is 771 g/mol. The summed E-state index contributed by atoms with van der Waals surface area (Å²) in [6.45, 7) is 10.0. The summed E-state index contributed by atoms with van der Waals surface area (Å²) in [6, 6.07) is 4.86. The van der Waals surface area contributed by atoms with Crippen LogP contribution in [0.25, 0.3) is 0 Å². The highest BCUT2D eigenvalue weighted by Gasteiger charge is 2.49. The van der Waals surface area contributed by atoms with Gasteiger partial charge in [-0.3, -0.25) is 19.2 Å². The number of carbonyl (C=O) groups excluding carboxylic acids is 4. The van der Waals surface area contributed by atoms with Gasteiger partial charge in [-0.05, 0) is 74.5 Å². The van der Waals surface area contributed by atoms with E-state index in [2.05, 4.69) is 17.2 Å². The average Bonchev–Trinajstić information content (AvgIpc) is 3.81. The van der Waals surface area contributed by atoms with Crippen molar-refractivity contribution in [3.63, 3.8) is 0 Å². The van der Waals surface area contributed by atoms with Gasteiger partial charge in [-0.25, -0.2) is 0 Å². The van der Waals surface area contributed by atoms with Crippen molar-refractivity contribution in [2.75, 3.05) is 51.6 Å². The van der Waals surface area contributed by atoms with Crippen LogP contribution in [0.15, 0.2) is 18.2 Å². The zero-order valence-electron chi connectivity index (χ0n) is 33.0. The van der Waals surface area contributed by atoms with Gasteiger partial charge in [-0.15, -0.1) is 11.8 Å². The Hall–Kier alpha value is -3.54. The van der Waals surface area contributed by atoms with Crippen LogP contribution < -0.4 is 10.1 Å². The Balaban J connectivity index is 0.974. The Morgan fingerprint density at radius 1 is 0.836 bits per heavy atom. The number of benzene rings is 1. The fourth-order valence-corrected chi connectivity index (χ4v) is 7.23. The van der Waals surface area contributed by atoms with Crippen molar-refractivity contribution in [1.29, 1.82) is 0 Å². The zero-order chi connectivity index (χ0) is 39.6. The largest absolute Gasteiger partial charge is 0.465 e. The van der Waals surface area contributed by atoms with Gasteiger partial charge in [-0.2, -0.15) is 0 Å². The maximum Gasteiger partial charge on any atom is 0.305 e. The van der Waals surface area contributed by atoms with E-state index in [4.69, 9.17) is 33.2 Å². The first-order chi connectivity index (χ1) is 26.6. The Morgan fingerprint density at radius 3 is 2.11 bits per heavy atom. The molecule has 0 aromatic heterocycles. The van der Waals surface area contributed by atoms with Gasteiger partial charge in [-0.1, -0.05) is 13.8 Å². The second-order valence-electron chi connectivity index (χ2n) is 14.8. The summed E-state index contributed by atoms with van der Waals surface area (Å²) in [4.78, 5) is 48.8. The number of esters is 2. The minimum absolute atomic E-state index is 0.0177. The second kappa shape index (κ2) is 23.5. The lowest BCUT2D eigenvalue weighted by Crippen LogP contribution is -2.52. The Morgan fingerprint density at radius 2 is 1.47 bits per heavy atom. The van der Waals surface area contributed by atoms with E-state index >= 15 is 0 Å². The van der Waals surface area contributed by atoms with Crippen molar-refractivity contribution in [3.05, 3.63) is 23.8 Å². The van der Waals surface area contributed by atoms with Crippen molar-refractivity contribution in [2.45, 2.75) is 117 Å². The fourth-order valence-electron chi connectivity index (χ4n) is 7.23. The second-order valence-corrected chi connectivity index (χ2v) is 14.8. The molecule has 1 aliphatic heterocycles. The number of hydrogen-bond acceptors (Lipinski definition) is 12. The average molecular weight is 772 g/mol. The first kappa shape index (κ1) is 44.2. The predicted molar refractivity (Wildman–Crippen MR) is 203 cm³/mol. The van der Waals surface area contributed by atoms with Crippen molar-refractivity contribution in [1.82, 2.24) is 0 Å². The molecule has 13 heteroatoms. The molecule has 0 radical (unpaired) electrons. The van der Waals surface area contributed by atoms with Crippen molar-refractivity contribution < 1.29 is 57.4 Å². The van der Waals surface area contributed by atoms with Crippen molar-refractivity contribution in [2.24, 2.45) is 29.6 Å². The molecule has 2 fully saturated rings. The molecule has 1 saturated heterocycles. The zero-order valence-corrected chi connectivity index (χ0v) is 33.0. The quantitative estimate of drug-likeness (QED) is 0.0784. The van der Waals surface area contributed by atoms with Crippen LogP contribution in [-0.4, -0.2) is 93.5 Å². The molecular formula is C42H61NO12. The van der Waals surface area contributed by atoms with Crippen molar-refractivity contribution in [3.8, 4) is 17.6 Å². The topological polar surface area (TPSA) is 165 Å². The van der Waals surface area contributed by atoms with Crippen LogP contribution in [-0.2, 0) is 54.2 Å². The minimum atomic E-state index is -0.861. The summed E-state index contributed by atoms with van der Waals surface area (Å²) < 4.78 is 39.8. The molecule has 0 spiro atoms. The van der Waals surface area contributed by atoms with E-state index in [1.807, 2.05) is 20.8 Å². The van der Waals surface area contributed by atoms with E-state index < -0.39 is 18.4 Å². The Bertz CT molecular complexity index is 1440. The molecule has 4 rings (SSSR count). The summed E-state index contributed by atoms with van der Waals surface area (Å²) in [5.74, 6) is 7.78. The molecule has 0 bridgehead atoms. The molecule has 3 unspecified atom stereocenters. The van der Waals surface area contributed by atoms with E-state index in [0.717, 1.165) is 25.7 Å². The highest BCUT2D eigenvalue weighted by atomic mass is 16.7. The van der Waals surface area contributed by atoms with E-state index in [1.165, 1.54) is 6.92 Å². The normalized spacial score (nSPS) is 25.6. The molecule has 13 nitrogen and oxygen atoms in total. The van der Waals surface area contributed by atoms with Crippen LogP contribution in [0.4, 0.5) is 5.69 Å². The number of anilines is 1. The summed E-state index contributed by atoms with van der Waals surface area (Å²) in [6.07, 6.45) is 4.49. The summed E-state index contributed by atoms with van der Waals surface area (Å²) >= 11 is 0. The molecule has 2 aliphatic carbocycles. The molecule has 1 amide bonds. The molecule has 55 heavy (non-hydrogen) atoms. The van der Waals surface area contributed by atoms with Gasteiger partial charge in [0.15, 0.2) is 6.10 Å².